The highest BCUT2D eigenvalue weighted by atomic mass is 32.1. The normalized spacial score (nSPS) is 20.9. The van der Waals surface area contributed by atoms with Gasteiger partial charge in [-0.15, -0.1) is 11.3 Å². The third-order valence-corrected chi connectivity index (χ3v) is 6.52. The maximum absolute atomic E-state index is 13.1. The van der Waals surface area contributed by atoms with Crippen LogP contribution in [0.2, 0.25) is 0 Å². The summed E-state index contributed by atoms with van der Waals surface area (Å²) in [6, 6.07) is 19.4. The summed E-state index contributed by atoms with van der Waals surface area (Å²) in [5.74, 6) is -0.303. The van der Waals surface area contributed by atoms with E-state index in [1.165, 1.54) is 4.88 Å². The highest BCUT2D eigenvalue weighted by Crippen LogP contribution is 2.43. The zero-order chi connectivity index (χ0) is 19.1. The number of esters is 1. The first kappa shape index (κ1) is 17.2. The summed E-state index contributed by atoms with van der Waals surface area (Å²) in [4.78, 5) is 28.4. The van der Waals surface area contributed by atoms with Crippen LogP contribution in [0.3, 0.4) is 0 Å². The monoisotopic (exact) mass is 389 g/mol. The summed E-state index contributed by atoms with van der Waals surface area (Å²) in [5.41, 5.74) is 2.59. The number of benzene rings is 2. The average molecular weight is 389 g/mol. The highest BCUT2D eigenvalue weighted by molar-refractivity contribution is 7.13. The lowest BCUT2D eigenvalue weighted by Crippen LogP contribution is -2.48. The molecule has 5 rings (SSSR count). The van der Waals surface area contributed by atoms with Gasteiger partial charge in [-0.05, 0) is 48.1 Å². The summed E-state index contributed by atoms with van der Waals surface area (Å²) in [7, 11) is 0. The van der Waals surface area contributed by atoms with E-state index >= 15 is 0 Å². The molecular weight excluding hydrogens is 370 g/mol. The minimum Gasteiger partial charge on any atom is -0.449 e. The molecule has 0 saturated carbocycles. The third-order valence-electron chi connectivity index (χ3n) is 5.61. The SMILES string of the molecule is O=C1OC2(CCCN(C(=O)c3ccc(-c4cccs4)cc3)C2)c2ccccc21. The number of piperidine rings is 1. The first-order valence-corrected chi connectivity index (χ1v) is 10.3. The van der Waals surface area contributed by atoms with Gasteiger partial charge in [-0.25, -0.2) is 4.79 Å². The van der Waals surface area contributed by atoms with Crippen molar-refractivity contribution in [3.05, 3.63) is 82.7 Å². The number of nitrogens with zero attached hydrogens (tertiary/aromatic N) is 1. The summed E-state index contributed by atoms with van der Waals surface area (Å²) in [6.45, 7) is 1.08. The van der Waals surface area contributed by atoms with Gasteiger partial charge in [-0.1, -0.05) is 36.4 Å². The number of rotatable bonds is 2. The molecule has 0 radical (unpaired) electrons. The Morgan fingerprint density at radius 3 is 2.64 bits per heavy atom. The van der Waals surface area contributed by atoms with E-state index in [1.807, 2.05) is 58.8 Å². The lowest BCUT2D eigenvalue weighted by molar-refractivity contribution is -0.0442. The molecule has 1 spiro atoms. The molecule has 5 heteroatoms. The molecule has 2 aliphatic heterocycles. The largest absolute Gasteiger partial charge is 0.449 e. The van der Waals surface area contributed by atoms with E-state index in [0.29, 0.717) is 24.2 Å². The third kappa shape index (κ3) is 2.74. The van der Waals surface area contributed by atoms with Crippen molar-refractivity contribution in [1.29, 1.82) is 0 Å². The molecule has 1 unspecified atom stereocenters. The zero-order valence-corrected chi connectivity index (χ0v) is 16.1. The second kappa shape index (κ2) is 6.60. The zero-order valence-electron chi connectivity index (χ0n) is 15.3. The number of hydrogen-bond acceptors (Lipinski definition) is 4. The van der Waals surface area contributed by atoms with E-state index in [0.717, 1.165) is 24.0 Å². The molecule has 28 heavy (non-hydrogen) atoms. The Morgan fingerprint density at radius 2 is 1.86 bits per heavy atom. The van der Waals surface area contributed by atoms with Gasteiger partial charge in [0.2, 0.25) is 0 Å². The van der Waals surface area contributed by atoms with E-state index in [-0.39, 0.29) is 11.9 Å². The van der Waals surface area contributed by atoms with E-state index in [1.54, 1.807) is 17.4 Å². The Hall–Kier alpha value is -2.92. The van der Waals surface area contributed by atoms with Crippen LogP contribution in [0, 0.1) is 0 Å². The van der Waals surface area contributed by atoms with Crippen molar-refractivity contribution < 1.29 is 14.3 Å². The molecule has 2 aromatic carbocycles. The summed E-state index contributed by atoms with van der Waals surface area (Å²) in [6.07, 6.45) is 1.55. The molecule has 2 aliphatic rings. The lowest BCUT2D eigenvalue weighted by atomic mass is 9.85. The van der Waals surface area contributed by atoms with Crippen LogP contribution < -0.4 is 0 Å². The molecule has 0 aliphatic carbocycles. The van der Waals surface area contributed by atoms with Crippen molar-refractivity contribution in [3.63, 3.8) is 0 Å². The minimum atomic E-state index is -0.710. The van der Waals surface area contributed by atoms with Crippen molar-refractivity contribution in [2.45, 2.75) is 18.4 Å². The number of fused-ring (bicyclic) bond motifs is 2. The summed E-state index contributed by atoms with van der Waals surface area (Å²) >= 11 is 1.68. The van der Waals surface area contributed by atoms with E-state index in [4.69, 9.17) is 4.74 Å². The number of likely N-dealkylation sites (tertiary alicyclic amines) is 1. The van der Waals surface area contributed by atoms with Crippen LogP contribution in [0.15, 0.2) is 66.0 Å². The molecule has 1 aromatic heterocycles. The Balaban J connectivity index is 1.40. The molecule has 140 valence electrons. The van der Waals surface area contributed by atoms with Gasteiger partial charge >= 0.3 is 5.97 Å². The van der Waals surface area contributed by atoms with Gasteiger partial charge in [0.05, 0.1) is 12.1 Å². The Bertz CT molecular complexity index is 1040. The summed E-state index contributed by atoms with van der Waals surface area (Å²) < 4.78 is 5.81. The fourth-order valence-electron chi connectivity index (χ4n) is 4.25. The van der Waals surface area contributed by atoms with Crippen LogP contribution in [-0.4, -0.2) is 29.9 Å². The number of ether oxygens (including phenoxy) is 1. The molecule has 0 bridgehead atoms. The van der Waals surface area contributed by atoms with Crippen molar-refractivity contribution >= 4 is 23.2 Å². The topological polar surface area (TPSA) is 46.6 Å². The molecule has 1 atom stereocenters. The predicted molar refractivity (Wildman–Crippen MR) is 108 cm³/mol. The van der Waals surface area contributed by atoms with Crippen molar-refractivity contribution in [2.24, 2.45) is 0 Å². The molecule has 1 fully saturated rings. The lowest BCUT2D eigenvalue weighted by Gasteiger charge is -2.39. The molecule has 1 amide bonds. The minimum absolute atomic E-state index is 0.0164. The number of carbonyl (C=O) groups excluding carboxylic acids is 2. The number of amides is 1. The van der Waals surface area contributed by atoms with Gasteiger partial charge in [0.25, 0.3) is 5.91 Å². The van der Waals surface area contributed by atoms with Gasteiger partial charge in [0.15, 0.2) is 5.60 Å². The van der Waals surface area contributed by atoms with Crippen LogP contribution in [0.25, 0.3) is 10.4 Å². The molecule has 3 aromatic rings. The van der Waals surface area contributed by atoms with Gasteiger partial charge < -0.3 is 9.64 Å². The maximum Gasteiger partial charge on any atom is 0.339 e. The van der Waals surface area contributed by atoms with Gasteiger partial charge in [-0.3, -0.25) is 4.79 Å². The van der Waals surface area contributed by atoms with E-state index in [2.05, 4.69) is 6.07 Å². The van der Waals surface area contributed by atoms with E-state index in [9.17, 15) is 9.59 Å². The summed E-state index contributed by atoms with van der Waals surface area (Å²) in [5, 5.41) is 2.04. The van der Waals surface area contributed by atoms with Crippen molar-refractivity contribution in [2.75, 3.05) is 13.1 Å². The smallest absolute Gasteiger partial charge is 0.339 e. The highest BCUT2D eigenvalue weighted by Gasteiger charge is 2.48. The van der Waals surface area contributed by atoms with E-state index < -0.39 is 5.60 Å². The van der Waals surface area contributed by atoms with Gasteiger partial charge in [0, 0.05) is 22.5 Å². The number of carbonyl (C=O) groups is 2. The Kier molecular flexibility index (Phi) is 4.05. The van der Waals surface area contributed by atoms with Crippen molar-refractivity contribution in [1.82, 2.24) is 4.90 Å². The van der Waals surface area contributed by atoms with Crippen LogP contribution in [-0.2, 0) is 10.3 Å². The first-order chi connectivity index (χ1) is 13.7. The van der Waals surface area contributed by atoms with Crippen LogP contribution in [0.5, 0.6) is 0 Å². The fourth-order valence-corrected chi connectivity index (χ4v) is 4.98. The molecule has 3 heterocycles. The fraction of sp³-hybridized carbons (Fsp3) is 0.217. The van der Waals surface area contributed by atoms with Gasteiger partial charge in [0.1, 0.15) is 0 Å². The average Bonchev–Trinajstić information content (AvgIpc) is 3.36. The van der Waals surface area contributed by atoms with Crippen LogP contribution in [0.1, 0.15) is 39.1 Å². The first-order valence-electron chi connectivity index (χ1n) is 9.42. The number of hydrogen-bond donors (Lipinski definition) is 0. The molecule has 0 N–H and O–H groups in total. The number of thiophene rings is 1. The predicted octanol–water partition coefficient (Wildman–Crippen LogP) is 4.72. The maximum atomic E-state index is 13.1. The van der Waals surface area contributed by atoms with Gasteiger partial charge in [-0.2, -0.15) is 0 Å². The second-order valence-corrected chi connectivity index (χ2v) is 8.26. The van der Waals surface area contributed by atoms with Crippen LogP contribution >= 0.6 is 11.3 Å². The van der Waals surface area contributed by atoms with Crippen molar-refractivity contribution in [3.8, 4) is 10.4 Å². The molecule has 4 nitrogen and oxygen atoms in total. The standard InChI is InChI=1S/C23H19NO3S/c25-21(17-10-8-16(9-11-17)20-7-3-14-28-20)24-13-4-12-23(15-24)19-6-2-1-5-18(19)22(26)27-23/h1-3,5-11,14H,4,12-13,15H2. The Morgan fingerprint density at radius 1 is 1.04 bits per heavy atom. The molecular formula is C23H19NO3S. The Labute approximate surface area is 167 Å². The second-order valence-electron chi connectivity index (χ2n) is 7.31. The molecule has 1 saturated heterocycles. The van der Waals surface area contributed by atoms with Crippen LogP contribution in [0.4, 0.5) is 0 Å². The quantitative estimate of drug-likeness (QED) is 0.596.